The van der Waals surface area contributed by atoms with Gasteiger partial charge in [0.1, 0.15) is 18.4 Å². The molecule has 31 heavy (non-hydrogen) atoms. The third-order valence-corrected chi connectivity index (χ3v) is 4.40. The summed E-state index contributed by atoms with van der Waals surface area (Å²) in [6.45, 7) is 1.51. The van der Waals surface area contributed by atoms with Gasteiger partial charge in [-0.25, -0.2) is 0 Å². The van der Waals surface area contributed by atoms with Crippen molar-refractivity contribution >= 4 is 23.8 Å². The molecule has 2 aromatic rings. The predicted molar refractivity (Wildman–Crippen MR) is 112 cm³/mol. The number of carbonyl (C=O) groups is 3. The summed E-state index contributed by atoms with van der Waals surface area (Å²) in [5, 5.41) is 2.52. The van der Waals surface area contributed by atoms with Crippen molar-refractivity contribution in [3.8, 4) is 17.2 Å². The highest BCUT2D eigenvalue weighted by Crippen LogP contribution is 2.30. The van der Waals surface area contributed by atoms with E-state index in [1.165, 1.54) is 13.0 Å². The van der Waals surface area contributed by atoms with Gasteiger partial charge in [0.05, 0.1) is 7.11 Å². The Morgan fingerprint density at radius 3 is 2.48 bits per heavy atom. The molecule has 0 fully saturated rings. The van der Waals surface area contributed by atoms with Gasteiger partial charge in [-0.2, -0.15) is 0 Å². The average Bonchev–Trinajstić information content (AvgIpc) is 2.80. The summed E-state index contributed by atoms with van der Waals surface area (Å²) in [7, 11) is 1.57. The molecular formula is C22H23N3O6. The maximum absolute atomic E-state index is 12.2. The first-order chi connectivity index (χ1) is 15.0. The summed E-state index contributed by atoms with van der Waals surface area (Å²) in [6.07, 6.45) is 2.02. The fourth-order valence-corrected chi connectivity index (χ4v) is 2.67. The van der Waals surface area contributed by atoms with Crippen LogP contribution in [-0.2, 0) is 14.4 Å². The second kappa shape index (κ2) is 10.1. The number of amides is 3. The van der Waals surface area contributed by atoms with Crippen LogP contribution in [0.15, 0.2) is 54.6 Å². The predicted octanol–water partition coefficient (Wildman–Crippen LogP) is 1.20. The van der Waals surface area contributed by atoms with E-state index < -0.39 is 29.9 Å². The minimum absolute atomic E-state index is 0.0150. The van der Waals surface area contributed by atoms with Crippen LogP contribution in [0.5, 0.6) is 17.2 Å². The van der Waals surface area contributed by atoms with E-state index in [-0.39, 0.29) is 6.61 Å². The third-order valence-electron chi connectivity index (χ3n) is 4.40. The fraction of sp³-hybridized carbons (Fsp3) is 0.227. The number of hydrogen-bond acceptors (Lipinski definition) is 6. The number of para-hydroxylation sites is 2. The zero-order valence-corrected chi connectivity index (χ0v) is 17.1. The van der Waals surface area contributed by atoms with Gasteiger partial charge in [-0.3, -0.25) is 25.2 Å². The van der Waals surface area contributed by atoms with E-state index in [4.69, 9.17) is 14.2 Å². The van der Waals surface area contributed by atoms with Crippen molar-refractivity contribution in [2.24, 2.45) is 0 Å². The van der Waals surface area contributed by atoms with E-state index in [9.17, 15) is 14.4 Å². The molecule has 9 nitrogen and oxygen atoms in total. The van der Waals surface area contributed by atoms with Crippen LogP contribution in [-0.4, -0.2) is 43.6 Å². The number of methoxy groups -OCH3 is 1. The fourth-order valence-electron chi connectivity index (χ4n) is 2.67. The molecule has 162 valence electrons. The zero-order chi connectivity index (χ0) is 22.2. The maximum atomic E-state index is 12.2. The van der Waals surface area contributed by atoms with E-state index >= 15 is 0 Å². The molecule has 0 aromatic heterocycles. The summed E-state index contributed by atoms with van der Waals surface area (Å²) in [5.41, 5.74) is 5.35. The molecular weight excluding hydrogens is 402 g/mol. The van der Waals surface area contributed by atoms with Crippen molar-refractivity contribution in [1.82, 2.24) is 16.2 Å². The van der Waals surface area contributed by atoms with Gasteiger partial charge in [-0.1, -0.05) is 24.3 Å². The molecule has 0 saturated carbocycles. The van der Waals surface area contributed by atoms with Crippen LogP contribution in [0.25, 0.3) is 6.08 Å². The highest BCUT2D eigenvalue weighted by molar-refractivity contribution is 5.95. The minimum Gasteiger partial charge on any atom is -0.497 e. The Labute approximate surface area is 179 Å². The third kappa shape index (κ3) is 5.99. The van der Waals surface area contributed by atoms with E-state index in [1.807, 2.05) is 0 Å². The number of hydrogen-bond donors (Lipinski definition) is 3. The molecule has 0 aliphatic carbocycles. The van der Waals surface area contributed by atoms with E-state index in [1.54, 1.807) is 61.7 Å². The van der Waals surface area contributed by atoms with E-state index in [2.05, 4.69) is 16.2 Å². The topological polar surface area (TPSA) is 115 Å². The molecule has 0 saturated heterocycles. The summed E-state index contributed by atoms with van der Waals surface area (Å²) in [5.74, 6) is 0.102. The van der Waals surface area contributed by atoms with Crippen molar-refractivity contribution < 1.29 is 28.6 Å². The van der Waals surface area contributed by atoms with Gasteiger partial charge in [0.25, 0.3) is 11.8 Å². The molecule has 0 bridgehead atoms. The molecule has 3 rings (SSSR count). The number of hydrazine groups is 1. The average molecular weight is 425 g/mol. The highest BCUT2D eigenvalue weighted by atomic mass is 16.6. The monoisotopic (exact) mass is 425 g/mol. The number of fused-ring (bicyclic) bond motifs is 1. The summed E-state index contributed by atoms with van der Waals surface area (Å²) in [6, 6.07) is 13.2. The van der Waals surface area contributed by atoms with Gasteiger partial charge in [0, 0.05) is 6.08 Å². The first-order valence-corrected chi connectivity index (χ1v) is 9.57. The Hall–Kier alpha value is -4.01. The molecule has 1 heterocycles. The molecule has 0 radical (unpaired) electrons. The molecule has 2 unspecified atom stereocenters. The minimum atomic E-state index is -0.910. The van der Waals surface area contributed by atoms with E-state index in [0.29, 0.717) is 17.2 Å². The standard InChI is InChI=1S/C22H23N3O6/c1-14(23-20(26)12-9-15-7-10-16(29-2)11-8-15)21(27)24-25-22(28)19-13-30-17-5-3-4-6-18(17)31-19/h3-12,14,19H,13H2,1-2H3,(H,23,26)(H,24,27)(H,25,28)/b12-9+. The van der Waals surface area contributed by atoms with Crippen molar-refractivity contribution in [1.29, 1.82) is 0 Å². The van der Waals surface area contributed by atoms with Crippen LogP contribution in [0.2, 0.25) is 0 Å². The first-order valence-electron chi connectivity index (χ1n) is 9.57. The normalized spacial score (nSPS) is 15.6. The summed E-state index contributed by atoms with van der Waals surface area (Å²) >= 11 is 0. The summed E-state index contributed by atoms with van der Waals surface area (Å²) < 4.78 is 16.1. The largest absolute Gasteiger partial charge is 0.497 e. The van der Waals surface area contributed by atoms with Gasteiger partial charge >= 0.3 is 0 Å². The van der Waals surface area contributed by atoms with Crippen molar-refractivity contribution in [2.75, 3.05) is 13.7 Å². The van der Waals surface area contributed by atoms with Crippen molar-refractivity contribution in [2.45, 2.75) is 19.1 Å². The van der Waals surface area contributed by atoms with Crippen LogP contribution in [0.4, 0.5) is 0 Å². The Balaban J connectivity index is 1.43. The van der Waals surface area contributed by atoms with Crippen molar-refractivity contribution in [3.63, 3.8) is 0 Å². The lowest BCUT2D eigenvalue weighted by Gasteiger charge is -2.25. The van der Waals surface area contributed by atoms with E-state index in [0.717, 1.165) is 5.56 Å². The molecule has 1 aliphatic heterocycles. The van der Waals surface area contributed by atoms with Crippen LogP contribution in [0.1, 0.15) is 12.5 Å². The number of carbonyl (C=O) groups excluding carboxylic acids is 3. The highest BCUT2D eigenvalue weighted by Gasteiger charge is 2.28. The maximum Gasteiger partial charge on any atom is 0.283 e. The lowest BCUT2D eigenvalue weighted by Crippen LogP contribution is -2.55. The SMILES string of the molecule is COc1ccc(/C=C/C(=O)NC(C)C(=O)NNC(=O)C2COc3ccccc3O2)cc1. The molecule has 0 spiro atoms. The lowest BCUT2D eigenvalue weighted by atomic mass is 10.2. The zero-order valence-electron chi connectivity index (χ0n) is 17.1. The summed E-state index contributed by atoms with van der Waals surface area (Å²) in [4.78, 5) is 36.4. The Morgan fingerprint density at radius 1 is 1.06 bits per heavy atom. The second-order valence-corrected chi connectivity index (χ2v) is 6.68. The van der Waals surface area contributed by atoms with Crippen LogP contribution in [0, 0.1) is 0 Å². The molecule has 2 aromatic carbocycles. The Kier molecular flexibility index (Phi) is 7.10. The molecule has 3 N–H and O–H groups in total. The molecule has 9 heteroatoms. The smallest absolute Gasteiger partial charge is 0.283 e. The number of ether oxygens (including phenoxy) is 3. The van der Waals surface area contributed by atoms with Crippen molar-refractivity contribution in [3.05, 3.63) is 60.2 Å². The number of rotatable bonds is 6. The first kappa shape index (κ1) is 21.7. The van der Waals surface area contributed by atoms with Crippen LogP contribution < -0.4 is 30.4 Å². The molecule has 1 aliphatic rings. The van der Waals surface area contributed by atoms with Crippen LogP contribution in [0.3, 0.4) is 0 Å². The van der Waals surface area contributed by atoms with Gasteiger partial charge in [0.2, 0.25) is 12.0 Å². The van der Waals surface area contributed by atoms with Gasteiger partial charge < -0.3 is 19.5 Å². The molecule has 2 atom stereocenters. The second-order valence-electron chi connectivity index (χ2n) is 6.68. The van der Waals surface area contributed by atoms with Gasteiger partial charge in [0.15, 0.2) is 11.5 Å². The van der Waals surface area contributed by atoms with Gasteiger partial charge in [-0.05, 0) is 42.8 Å². The Morgan fingerprint density at radius 2 is 1.77 bits per heavy atom. The van der Waals surface area contributed by atoms with Gasteiger partial charge in [-0.15, -0.1) is 0 Å². The number of benzene rings is 2. The lowest BCUT2D eigenvalue weighted by molar-refractivity contribution is -0.135. The Bertz CT molecular complexity index is 973. The van der Waals surface area contributed by atoms with Crippen LogP contribution >= 0.6 is 0 Å². The molecule has 3 amide bonds. The number of nitrogens with one attached hydrogen (secondary N) is 3. The quantitative estimate of drug-likeness (QED) is 0.473.